The number of fused-ring (bicyclic) bond motifs is 8. The monoisotopic (exact) mass is 478 g/mol. The number of hydrogen-bond acceptors (Lipinski definition) is 6. The van der Waals surface area contributed by atoms with Gasteiger partial charge in [0.15, 0.2) is 0 Å². The van der Waals surface area contributed by atoms with Crippen molar-refractivity contribution in [3.05, 3.63) is 51.8 Å². The average molecular weight is 479 g/mol. The highest BCUT2D eigenvalue weighted by Crippen LogP contribution is 2.55. The predicted octanol–water partition coefficient (Wildman–Crippen LogP) is 3.74. The quantitative estimate of drug-likeness (QED) is 0.504. The van der Waals surface area contributed by atoms with Crippen LogP contribution in [0, 0.1) is 0 Å². The second-order valence-corrected chi connectivity index (χ2v) is 9.85. The largest absolute Gasteiger partial charge is 0.500 e. The van der Waals surface area contributed by atoms with Crippen LogP contribution in [0.2, 0.25) is 0 Å². The van der Waals surface area contributed by atoms with Gasteiger partial charge in [-0.2, -0.15) is 0 Å². The Hall–Kier alpha value is -2.64. The first-order chi connectivity index (χ1) is 17.0. The molecule has 2 unspecified atom stereocenters. The fourth-order valence-electron chi connectivity index (χ4n) is 6.44. The first-order valence-corrected chi connectivity index (χ1v) is 13.2. The lowest BCUT2D eigenvalue weighted by Crippen LogP contribution is -2.43. The molecule has 0 N–H and O–H groups in total. The Morgan fingerprint density at radius 2 is 1.54 bits per heavy atom. The number of methoxy groups -OCH3 is 1. The number of imide groups is 1. The number of carbonyl (C=O) groups is 2. The van der Waals surface area contributed by atoms with Gasteiger partial charge in [0, 0.05) is 11.3 Å². The third-order valence-electron chi connectivity index (χ3n) is 8.39. The maximum atomic E-state index is 14.0. The summed E-state index contributed by atoms with van der Waals surface area (Å²) in [4.78, 5) is 36.3. The molecule has 35 heavy (non-hydrogen) atoms. The van der Waals surface area contributed by atoms with Crippen molar-refractivity contribution < 1.29 is 14.3 Å². The summed E-state index contributed by atoms with van der Waals surface area (Å²) in [7, 11) is 1.71. The van der Waals surface area contributed by atoms with E-state index >= 15 is 0 Å². The van der Waals surface area contributed by atoms with Crippen molar-refractivity contribution in [3.8, 4) is 0 Å². The van der Waals surface area contributed by atoms with Crippen LogP contribution in [0.5, 0.6) is 0 Å². The third-order valence-corrected chi connectivity index (χ3v) is 8.39. The number of hydrogen-bond donors (Lipinski definition) is 0. The van der Waals surface area contributed by atoms with E-state index in [4.69, 9.17) is 4.74 Å². The van der Waals surface area contributed by atoms with Gasteiger partial charge in [0.25, 0.3) is 11.8 Å². The first kappa shape index (κ1) is 24.1. The number of carbonyl (C=O) groups excluding carboxylic acids is 2. The molecule has 7 nitrogen and oxygen atoms in total. The minimum absolute atomic E-state index is 0.0708. The summed E-state index contributed by atoms with van der Waals surface area (Å²) in [5, 5.41) is 0. The number of nitrogens with zero attached hydrogens (tertiary/aromatic N) is 4. The molecule has 0 saturated heterocycles. The number of benzene rings is 1. The lowest BCUT2D eigenvalue weighted by molar-refractivity contribution is 0.0551. The summed E-state index contributed by atoms with van der Waals surface area (Å²) >= 11 is 0. The second-order valence-electron chi connectivity index (χ2n) is 9.85. The summed E-state index contributed by atoms with van der Waals surface area (Å²) in [6.45, 7) is 13.1. The molecule has 4 aliphatic rings. The Morgan fingerprint density at radius 1 is 0.914 bits per heavy atom. The van der Waals surface area contributed by atoms with Crippen molar-refractivity contribution >= 4 is 17.5 Å². The Kier molecular flexibility index (Phi) is 6.49. The van der Waals surface area contributed by atoms with Gasteiger partial charge < -0.3 is 9.64 Å². The molecule has 2 amide bonds. The zero-order valence-electron chi connectivity index (χ0n) is 21.8. The minimum Gasteiger partial charge on any atom is -0.500 e. The zero-order chi connectivity index (χ0) is 24.9. The molecule has 7 heteroatoms. The van der Waals surface area contributed by atoms with Crippen molar-refractivity contribution in [2.75, 3.05) is 51.5 Å². The van der Waals surface area contributed by atoms with Crippen LogP contribution in [-0.2, 0) is 17.6 Å². The molecule has 2 atom stereocenters. The molecule has 0 radical (unpaired) electrons. The molecular weight excluding hydrogens is 440 g/mol. The van der Waals surface area contributed by atoms with Gasteiger partial charge in [-0.25, -0.2) is 0 Å². The van der Waals surface area contributed by atoms with Gasteiger partial charge in [-0.3, -0.25) is 24.3 Å². The maximum absolute atomic E-state index is 14.0. The van der Waals surface area contributed by atoms with Crippen LogP contribution in [0.3, 0.4) is 0 Å². The highest BCUT2D eigenvalue weighted by molar-refractivity contribution is 6.24. The van der Waals surface area contributed by atoms with Gasteiger partial charge in [0.2, 0.25) is 0 Å². The van der Waals surface area contributed by atoms with Crippen LogP contribution in [0.1, 0.15) is 77.4 Å². The summed E-state index contributed by atoms with van der Waals surface area (Å²) < 4.78 is 5.89. The summed E-state index contributed by atoms with van der Waals surface area (Å²) in [6, 6.07) is 0.0708. The smallest absolute Gasteiger partial charge is 0.263 e. The second kappa shape index (κ2) is 9.43. The van der Waals surface area contributed by atoms with Crippen LogP contribution in [0.4, 0.5) is 5.69 Å². The molecular formula is C28H38N4O3. The average Bonchev–Trinajstić information content (AvgIpc) is 3.55. The Balaban J connectivity index is 1.72. The van der Waals surface area contributed by atoms with Crippen LogP contribution < -0.4 is 4.90 Å². The van der Waals surface area contributed by atoms with Crippen molar-refractivity contribution in [1.29, 1.82) is 0 Å². The van der Waals surface area contributed by atoms with Gasteiger partial charge in [-0.15, -0.1) is 0 Å². The van der Waals surface area contributed by atoms with Crippen LogP contribution >= 0.6 is 0 Å². The fraction of sp³-hybridized carbons (Fsp3) is 0.571. The molecule has 1 aromatic rings. The van der Waals surface area contributed by atoms with Crippen molar-refractivity contribution in [1.82, 2.24) is 14.7 Å². The molecule has 5 rings (SSSR count). The summed E-state index contributed by atoms with van der Waals surface area (Å²) in [5.41, 5.74) is 5.87. The van der Waals surface area contributed by atoms with E-state index < -0.39 is 0 Å². The summed E-state index contributed by atoms with van der Waals surface area (Å²) in [5.74, 6) is 0.519. The van der Waals surface area contributed by atoms with Gasteiger partial charge >= 0.3 is 0 Å². The molecule has 188 valence electrons. The van der Waals surface area contributed by atoms with E-state index in [0.717, 1.165) is 69.0 Å². The lowest BCUT2D eigenvalue weighted by Gasteiger charge is -2.35. The van der Waals surface area contributed by atoms with E-state index in [1.54, 1.807) is 7.11 Å². The number of amides is 2. The molecule has 0 spiro atoms. The van der Waals surface area contributed by atoms with Crippen molar-refractivity contribution in [2.45, 2.75) is 58.9 Å². The van der Waals surface area contributed by atoms with Gasteiger partial charge in [0.05, 0.1) is 43.5 Å². The predicted molar refractivity (Wildman–Crippen MR) is 138 cm³/mol. The Morgan fingerprint density at radius 3 is 2.20 bits per heavy atom. The number of ether oxygens (including phenoxy) is 1. The van der Waals surface area contributed by atoms with Gasteiger partial charge in [-0.05, 0) is 62.6 Å². The molecule has 0 aromatic heterocycles. The van der Waals surface area contributed by atoms with E-state index in [2.05, 4.69) is 54.5 Å². The van der Waals surface area contributed by atoms with Crippen molar-refractivity contribution in [3.63, 3.8) is 0 Å². The van der Waals surface area contributed by atoms with E-state index in [1.165, 1.54) is 16.2 Å². The third kappa shape index (κ3) is 3.54. The number of rotatable bonds is 9. The Bertz CT molecular complexity index is 1100. The van der Waals surface area contributed by atoms with E-state index in [0.29, 0.717) is 17.8 Å². The Labute approximate surface area is 209 Å². The topological polar surface area (TPSA) is 56.3 Å². The standard InChI is InChI=1S/C28H38N4O3/c1-6-29(7-2)16-31-20-14-11-15-21(35-5)23(20)24-25-22(18-12-10-13-19(18)26(24)31)27(33)32(28(25)34)17-30(8-3)9-4/h11,14-15,20,23H,6-10,12-13,16-17H2,1-5H3. The van der Waals surface area contributed by atoms with Crippen molar-refractivity contribution in [2.24, 2.45) is 0 Å². The molecule has 2 aliphatic heterocycles. The molecule has 0 fully saturated rings. The van der Waals surface area contributed by atoms with Crippen LogP contribution in [0.15, 0.2) is 24.0 Å². The lowest BCUT2D eigenvalue weighted by atomic mass is 9.83. The normalized spacial score (nSPS) is 22.2. The highest BCUT2D eigenvalue weighted by Gasteiger charge is 2.51. The summed E-state index contributed by atoms with van der Waals surface area (Å²) in [6.07, 6.45) is 9.15. The van der Waals surface area contributed by atoms with Gasteiger partial charge in [0.1, 0.15) is 5.76 Å². The minimum atomic E-state index is -0.142. The molecule has 1 aromatic carbocycles. The zero-order valence-corrected chi connectivity index (χ0v) is 21.8. The first-order valence-electron chi connectivity index (χ1n) is 13.2. The van der Waals surface area contributed by atoms with Gasteiger partial charge in [-0.1, -0.05) is 39.8 Å². The fourth-order valence-corrected chi connectivity index (χ4v) is 6.44. The SMILES string of the molecule is CCN(CC)CN1C(=O)c2c3c(c4c(c2C1=O)C1C(OC)=CC=CC1N4CN(CC)CC)CCC3. The molecule has 0 saturated carbocycles. The molecule has 2 heterocycles. The van der Waals surface area contributed by atoms with Crippen LogP contribution in [-0.4, -0.2) is 79.2 Å². The van der Waals surface area contributed by atoms with Crippen LogP contribution in [0.25, 0.3) is 0 Å². The molecule has 0 bridgehead atoms. The number of allylic oxidation sites excluding steroid dienone is 2. The van der Waals surface area contributed by atoms with E-state index in [1.807, 2.05) is 6.08 Å². The highest BCUT2D eigenvalue weighted by atomic mass is 16.5. The molecule has 2 aliphatic carbocycles. The number of anilines is 1. The van der Waals surface area contributed by atoms with E-state index in [-0.39, 0.29) is 23.8 Å². The maximum Gasteiger partial charge on any atom is 0.263 e. The van der Waals surface area contributed by atoms with E-state index in [9.17, 15) is 9.59 Å².